The van der Waals surface area contributed by atoms with Gasteiger partial charge in [-0.1, -0.05) is 11.8 Å². The van der Waals surface area contributed by atoms with Gasteiger partial charge in [0.15, 0.2) is 5.16 Å². The van der Waals surface area contributed by atoms with E-state index < -0.39 is 0 Å². The molecule has 2 heterocycles. The number of halogens is 1. The van der Waals surface area contributed by atoms with E-state index in [-0.39, 0.29) is 17.5 Å². The van der Waals surface area contributed by atoms with Crippen molar-refractivity contribution in [1.29, 1.82) is 0 Å². The number of hydrogen-bond acceptors (Lipinski definition) is 6. The molecule has 7 heteroatoms. The van der Waals surface area contributed by atoms with Gasteiger partial charge in [0.1, 0.15) is 5.82 Å². The van der Waals surface area contributed by atoms with Crippen LogP contribution in [0.15, 0.2) is 35.7 Å². The minimum absolute atomic E-state index is 0.122. The normalized spacial score (nSPS) is 10.2. The number of thioether (sulfide) groups is 1. The summed E-state index contributed by atoms with van der Waals surface area (Å²) < 4.78 is 17.6. The van der Waals surface area contributed by atoms with E-state index in [0.29, 0.717) is 16.5 Å². The third kappa shape index (κ3) is 3.72. The van der Waals surface area contributed by atoms with E-state index in [9.17, 15) is 9.18 Å². The maximum absolute atomic E-state index is 13.1. The number of pyridine rings is 1. The molecule has 2 aromatic heterocycles. The molecule has 2 aromatic rings. The molecule has 0 aliphatic heterocycles. The molecule has 0 bridgehead atoms. The maximum atomic E-state index is 13.1. The Balaban J connectivity index is 2.17. The topological polar surface area (TPSA) is 65.0 Å². The van der Waals surface area contributed by atoms with E-state index in [1.165, 1.54) is 31.6 Å². The molecular formula is C12H10FN3O2S. The molecule has 0 radical (unpaired) electrons. The molecule has 0 spiro atoms. The van der Waals surface area contributed by atoms with Crippen LogP contribution in [0.5, 0.6) is 0 Å². The lowest BCUT2D eigenvalue weighted by Gasteiger charge is -2.02. The molecule has 0 saturated carbocycles. The second kappa shape index (κ2) is 6.24. The zero-order chi connectivity index (χ0) is 13.7. The first-order valence-corrected chi connectivity index (χ1v) is 6.32. The van der Waals surface area contributed by atoms with Crippen molar-refractivity contribution in [1.82, 2.24) is 15.0 Å². The van der Waals surface area contributed by atoms with Crippen LogP contribution in [0.3, 0.4) is 0 Å². The molecule has 0 atom stereocenters. The van der Waals surface area contributed by atoms with Gasteiger partial charge in [0.2, 0.25) is 0 Å². The van der Waals surface area contributed by atoms with Crippen LogP contribution in [0.2, 0.25) is 0 Å². The van der Waals surface area contributed by atoms with Crippen LogP contribution in [0.4, 0.5) is 4.39 Å². The second-order valence-corrected chi connectivity index (χ2v) is 4.39. The Labute approximate surface area is 113 Å². The second-order valence-electron chi connectivity index (χ2n) is 3.45. The Morgan fingerprint density at radius 2 is 2.11 bits per heavy atom. The van der Waals surface area contributed by atoms with Crippen LogP contribution in [-0.4, -0.2) is 33.8 Å². The number of rotatable bonds is 4. The summed E-state index contributed by atoms with van der Waals surface area (Å²) in [5.74, 6) is -0.619. The van der Waals surface area contributed by atoms with E-state index in [0.717, 1.165) is 11.8 Å². The monoisotopic (exact) mass is 279 g/mol. The first-order valence-electron chi connectivity index (χ1n) is 5.33. The van der Waals surface area contributed by atoms with Gasteiger partial charge < -0.3 is 4.74 Å². The molecule has 0 N–H and O–H groups in total. The van der Waals surface area contributed by atoms with Crippen molar-refractivity contribution in [2.24, 2.45) is 0 Å². The van der Waals surface area contributed by atoms with Gasteiger partial charge in [-0.05, 0) is 12.1 Å². The van der Waals surface area contributed by atoms with Gasteiger partial charge >= 0.3 is 5.97 Å². The van der Waals surface area contributed by atoms with Crippen molar-refractivity contribution in [3.63, 3.8) is 0 Å². The zero-order valence-corrected chi connectivity index (χ0v) is 10.9. The number of esters is 1. The number of hydrogen-bond donors (Lipinski definition) is 0. The first kappa shape index (κ1) is 13.4. The average molecular weight is 279 g/mol. The maximum Gasteiger partial charge on any atom is 0.316 e. The van der Waals surface area contributed by atoms with Gasteiger partial charge in [-0.3, -0.25) is 9.78 Å². The Kier molecular flexibility index (Phi) is 4.40. The SMILES string of the molecule is COC(=O)CSc1nccc(-c2cc(F)ccn2)n1. The van der Waals surface area contributed by atoms with Gasteiger partial charge in [-0.25, -0.2) is 14.4 Å². The number of aromatic nitrogens is 3. The molecule has 5 nitrogen and oxygen atoms in total. The predicted molar refractivity (Wildman–Crippen MR) is 68.0 cm³/mol. The van der Waals surface area contributed by atoms with Crippen molar-refractivity contribution >= 4 is 17.7 Å². The fourth-order valence-electron chi connectivity index (χ4n) is 1.28. The molecule has 0 amide bonds. The van der Waals surface area contributed by atoms with Gasteiger partial charge in [0.25, 0.3) is 0 Å². The van der Waals surface area contributed by atoms with Crippen LogP contribution in [0, 0.1) is 5.82 Å². The quantitative estimate of drug-likeness (QED) is 0.484. The predicted octanol–water partition coefficient (Wildman–Crippen LogP) is 1.94. The van der Waals surface area contributed by atoms with Gasteiger partial charge in [-0.2, -0.15) is 0 Å². The van der Waals surface area contributed by atoms with Crippen LogP contribution in [-0.2, 0) is 9.53 Å². The van der Waals surface area contributed by atoms with E-state index in [1.807, 2.05) is 0 Å². The van der Waals surface area contributed by atoms with Crippen LogP contribution < -0.4 is 0 Å². The molecule has 98 valence electrons. The zero-order valence-electron chi connectivity index (χ0n) is 10.0. The molecule has 0 aliphatic carbocycles. The molecule has 0 aliphatic rings. The summed E-state index contributed by atoms with van der Waals surface area (Å²) in [6.45, 7) is 0. The summed E-state index contributed by atoms with van der Waals surface area (Å²) in [7, 11) is 1.32. The summed E-state index contributed by atoms with van der Waals surface area (Å²) in [4.78, 5) is 23.3. The summed E-state index contributed by atoms with van der Waals surface area (Å²) in [5.41, 5.74) is 0.921. The number of carbonyl (C=O) groups excluding carboxylic acids is 1. The third-order valence-electron chi connectivity index (χ3n) is 2.16. The van der Waals surface area contributed by atoms with Crippen molar-refractivity contribution in [3.8, 4) is 11.4 Å². The van der Waals surface area contributed by atoms with E-state index in [2.05, 4.69) is 19.7 Å². The van der Waals surface area contributed by atoms with Crippen LogP contribution in [0.25, 0.3) is 11.4 Å². The highest BCUT2D eigenvalue weighted by molar-refractivity contribution is 7.99. The number of methoxy groups -OCH3 is 1. The van der Waals surface area contributed by atoms with E-state index >= 15 is 0 Å². The lowest BCUT2D eigenvalue weighted by Crippen LogP contribution is -2.04. The van der Waals surface area contributed by atoms with Crippen molar-refractivity contribution < 1.29 is 13.9 Å². The minimum Gasteiger partial charge on any atom is -0.468 e. The molecule has 19 heavy (non-hydrogen) atoms. The highest BCUT2D eigenvalue weighted by Crippen LogP contribution is 2.18. The third-order valence-corrected chi connectivity index (χ3v) is 3.00. The Morgan fingerprint density at radius 3 is 2.84 bits per heavy atom. The highest BCUT2D eigenvalue weighted by atomic mass is 32.2. The molecule has 0 aromatic carbocycles. The number of nitrogens with zero attached hydrogens (tertiary/aromatic N) is 3. The smallest absolute Gasteiger partial charge is 0.316 e. The summed E-state index contributed by atoms with van der Waals surface area (Å²) in [6, 6.07) is 4.18. The van der Waals surface area contributed by atoms with Gasteiger partial charge in [0, 0.05) is 18.5 Å². The summed E-state index contributed by atoms with van der Waals surface area (Å²) >= 11 is 1.15. The van der Waals surface area contributed by atoms with Crippen molar-refractivity contribution in [3.05, 3.63) is 36.4 Å². The lowest BCUT2D eigenvalue weighted by molar-refractivity contribution is -0.137. The molecule has 0 fully saturated rings. The Bertz CT molecular complexity index is 595. The highest BCUT2D eigenvalue weighted by Gasteiger charge is 2.07. The fraction of sp³-hybridized carbons (Fsp3) is 0.167. The first-order chi connectivity index (χ1) is 9.19. The summed E-state index contributed by atoms with van der Waals surface area (Å²) in [6.07, 6.45) is 2.91. The average Bonchev–Trinajstić information content (AvgIpc) is 2.45. The standard InChI is InChI=1S/C12H10FN3O2S/c1-18-11(17)7-19-12-15-5-3-9(16-12)10-6-8(13)2-4-14-10/h2-6H,7H2,1H3. The number of ether oxygens (including phenoxy) is 1. The Hall–Kier alpha value is -2.02. The molecule has 0 unspecified atom stereocenters. The van der Waals surface area contributed by atoms with Crippen LogP contribution in [0.1, 0.15) is 0 Å². The number of carbonyl (C=O) groups is 1. The van der Waals surface area contributed by atoms with E-state index in [1.54, 1.807) is 6.07 Å². The Morgan fingerprint density at radius 1 is 1.32 bits per heavy atom. The molecule has 0 saturated heterocycles. The molecule has 2 rings (SSSR count). The minimum atomic E-state index is -0.382. The van der Waals surface area contributed by atoms with Crippen molar-refractivity contribution in [2.45, 2.75) is 5.16 Å². The van der Waals surface area contributed by atoms with Crippen LogP contribution >= 0.6 is 11.8 Å². The largest absolute Gasteiger partial charge is 0.468 e. The molecular weight excluding hydrogens is 269 g/mol. The van der Waals surface area contributed by atoms with Gasteiger partial charge in [-0.15, -0.1) is 0 Å². The van der Waals surface area contributed by atoms with Gasteiger partial charge in [0.05, 0.1) is 24.3 Å². The van der Waals surface area contributed by atoms with E-state index in [4.69, 9.17) is 0 Å². The van der Waals surface area contributed by atoms with Crippen molar-refractivity contribution in [2.75, 3.05) is 12.9 Å². The fourth-order valence-corrected chi connectivity index (χ4v) is 1.94. The lowest BCUT2D eigenvalue weighted by atomic mass is 10.2. The summed E-state index contributed by atoms with van der Waals surface area (Å²) in [5, 5.41) is 0.411.